The zero-order chi connectivity index (χ0) is 22.3. The van der Waals surface area contributed by atoms with Crippen molar-refractivity contribution in [2.75, 3.05) is 33.2 Å². The minimum Gasteiger partial charge on any atom is -0.328 e. The van der Waals surface area contributed by atoms with E-state index >= 15 is 0 Å². The Balaban J connectivity index is 1.91. The monoisotopic (exact) mass is 425 g/mol. The van der Waals surface area contributed by atoms with E-state index in [1.807, 2.05) is 4.68 Å². The number of tetrazole rings is 1. The number of piperazine rings is 1. The summed E-state index contributed by atoms with van der Waals surface area (Å²) in [6, 6.07) is 6.06. The first kappa shape index (κ1) is 21.6. The molecule has 1 aliphatic heterocycles. The Morgan fingerprint density at radius 3 is 2.58 bits per heavy atom. The molecule has 3 aromatic rings. The van der Waals surface area contributed by atoms with E-state index in [1.54, 1.807) is 0 Å². The molecule has 1 aliphatic rings. The van der Waals surface area contributed by atoms with Crippen molar-refractivity contribution in [1.82, 2.24) is 25.2 Å². The first-order chi connectivity index (χ1) is 14.7. The standard InChI is InChI=1S/C23H33N7O/c1-7-23(4,5)30-21(25-26-27-30)20(29-12-10-28(6)11-13-29)18-14-17-9-8-15(2)16(3)19(17)24-22(18)31/h8-9,14,20H,7,10-13H2,1-6H3,(H,24,31)/p+2/t20-/m0/s1. The van der Waals surface area contributed by atoms with Crippen LogP contribution in [0.5, 0.6) is 0 Å². The van der Waals surface area contributed by atoms with Gasteiger partial charge in [0, 0.05) is 0 Å². The summed E-state index contributed by atoms with van der Waals surface area (Å²) in [5.74, 6) is 0.773. The molecule has 0 saturated carbocycles. The van der Waals surface area contributed by atoms with Crippen LogP contribution >= 0.6 is 0 Å². The number of aromatic amines is 1. The maximum absolute atomic E-state index is 13.4. The zero-order valence-corrected chi connectivity index (χ0v) is 19.5. The summed E-state index contributed by atoms with van der Waals surface area (Å²) in [4.78, 5) is 19.5. The van der Waals surface area contributed by atoms with Crippen LogP contribution in [0.3, 0.4) is 0 Å². The third-order valence-corrected chi connectivity index (χ3v) is 7.24. The molecular formula is C23H35N7O+2. The minimum absolute atomic E-state index is 0.0474. The van der Waals surface area contributed by atoms with Gasteiger partial charge >= 0.3 is 0 Å². The van der Waals surface area contributed by atoms with Gasteiger partial charge in [-0.15, -0.1) is 5.10 Å². The number of H-pyrrole nitrogens is 1. The lowest BCUT2D eigenvalue weighted by Gasteiger charge is -2.34. The van der Waals surface area contributed by atoms with Crippen molar-refractivity contribution in [1.29, 1.82) is 0 Å². The number of benzene rings is 1. The quantitative estimate of drug-likeness (QED) is 0.528. The van der Waals surface area contributed by atoms with E-state index in [-0.39, 0.29) is 17.1 Å². The summed E-state index contributed by atoms with van der Waals surface area (Å²) >= 11 is 0. The summed E-state index contributed by atoms with van der Waals surface area (Å²) in [7, 11) is 2.23. The van der Waals surface area contributed by atoms with Gasteiger partial charge < -0.3 is 14.8 Å². The van der Waals surface area contributed by atoms with Gasteiger partial charge in [-0.3, -0.25) is 4.79 Å². The number of hydrogen-bond acceptors (Lipinski definition) is 4. The van der Waals surface area contributed by atoms with Crippen LogP contribution in [0.2, 0.25) is 0 Å². The Morgan fingerprint density at radius 2 is 1.90 bits per heavy atom. The molecule has 0 unspecified atom stereocenters. The molecule has 8 heteroatoms. The Kier molecular flexibility index (Phi) is 5.70. The van der Waals surface area contributed by atoms with Crippen molar-refractivity contribution < 1.29 is 9.80 Å². The Bertz CT molecular complexity index is 1140. The molecule has 8 nitrogen and oxygen atoms in total. The third-order valence-electron chi connectivity index (χ3n) is 7.24. The van der Waals surface area contributed by atoms with E-state index in [1.165, 1.54) is 15.4 Å². The number of hydrogen-bond donors (Lipinski definition) is 3. The fraction of sp³-hybridized carbons (Fsp3) is 0.565. The van der Waals surface area contributed by atoms with Gasteiger partial charge in [0.1, 0.15) is 26.2 Å². The predicted molar refractivity (Wildman–Crippen MR) is 121 cm³/mol. The van der Waals surface area contributed by atoms with Crippen LogP contribution in [0.15, 0.2) is 23.0 Å². The first-order valence-corrected chi connectivity index (χ1v) is 11.3. The van der Waals surface area contributed by atoms with Crippen molar-refractivity contribution in [3.63, 3.8) is 0 Å². The molecular weight excluding hydrogens is 390 g/mol. The van der Waals surface area contributed by atoms with Crippen molar-refractivity contribution in [3.05, 3.63) is 51.1 Å². The van der Waals surface area contributed by atoms with Crippen molar-refractivity contribution >= 4 is 10.9 Å². The Hall–Kier alpha value is -2.58. The number of rotatable bonds is 5. The van der Waals surface area contributed by atoms with Crippen LogP contribution in [-0.4, -0.2) is 58.4 Å². The summed E-state index contributed by atoms with van der Waals surface area (Å²) in [5, 5.41) is 13.9. The SMILES string of the molecule is CCC(C)(C)n1nnnc1[C@H](c1cc2ccc(C)c(C)c2[nH]c1=O)[NH+]1CC[NH+](C)CC1. The van der Waals surface area contributed by atoms with Gasteiger partial charge in [-0.1, -0.05) is 19.1 Å². The number of pyridine rings is 1. The molecule has 3 heterocycles. The predicted octanol–water partition coefficient (Wildman–Crippen LogP) is -0.221. The fourth-order valence-electron chi connectivity index (χ4n) is 4.54. The summed E-state index contributed by atoms with van der Waals surface area (Å²) in [6.45, 7) is 14.6. The van der Waals surface area contributed by atoms with Crippen LogP contribution in [-0.2, 0) is 5.54 Å². The zero-order valence-electron chi connectivity index (χ0n) is 19.5. The maximum atomic E-state index is 13.4. The van der Waals surface area contributed by atoms with Gasteiger partial charge in [0.05, 0.1) is 23.7 Å². The topological polar surface area (TPSA) is 85.3 Å². The van der Waals surface area contributed by atoms with E-state index in [0.717, 1.165) is 60.5 Å². The highest BCUT2D eigenvalue weighted by molar-refractivity contribution is 5.83. The second kappa shape index (κ2) is 8.16. The number of likely N-dealkylation sites (N-methyl/N-ethyl adjacent to an activating group) is 1. The second-order valence-electron chi connectivity index (χ2n) is 9.69. The molecule has 0 amide bonds. The van der Waals surface area contributed by atoms with Gasteiger partial charge in [-0.05, 0) is 67.1 Å². The van der Waals surface area contributed by atoms with E-state index < -0.39 is 0 Å². The molecule has 0 radical (unpaired) electrons. The normalized spacial score (nSPS) is 20.8. The molecule has 0 aliphatic carbocycles. The first-order valence-electron chi connectivity index (χ1n) is 11.3. The van der Waals surface area contributed by atoms with E-state index in [0.29, 0.717) is 0 Å². The van der Waals surface area contributed by atoms with Gasteiger partial charge in [-0.25, -0.2) is 4.68 Å². The lowest BCUT2D eigenvalue weighted by Crippen LogP contribution is -3.27. The summed E-state index contributed by atoms with van der Waals surface area (Å²) in [6.07, 6.45) is 0.895. The molecule has 2 aromatic heterocycles. The fourth-order valence-corrected chi connectivity index (χ4v) is 4.54. The third kappa shape index (κ3) is 3.90. The molecule has 4 rings (SSSR count). The van der Waals surface area contributed by atoms with Gasteiger partial charge in [0.15, 0.2) is 6.04 Å². The van der Waals surface area contributed by atoms with E-state index in [2.05, 4.69) is 80.4 Å². The lowest BCUT2D eigenvalue weighted by molar-refractivity contribution is -1.02. The Labute approximate surface area is 183 Å². The molecule has 1 aromatic carbocycles. The van der Waals surface area contributed by atoms with E-state index in [4.69, 9.17) is 0 Å². The highest BCUT2D eigenvalue weighted by Gasteiger charge is 2.39. The van der Waals surface area contributed by atoms with Crippen LogP contribution in [0.25, 0.3) is 10.9 Å². The second-order valence-corrected chi connectivity index (χ2v) is 9.69. The van der Waals surface area contributed by atoms with Gasteiger partial charge in [-0.2, -0.15) is 0 Å². The van der Waals surface area contributed by atoms with Gasteiger partial charge in [0.2, 0.25) is 5.82 Å². The largest absolute Gasteiger partial charge is 0.328 e. The van der Waals surface area contributed by atoms with Gasteiger partial charge in [0.25, 0.3) is 5.56 Å². The number of fused-ring (bicyclic) bond motifs is 1. The highest BCUT2D eigenvalue weighted by atomic mass is 16.1. The van der Waals surface area contributed by atoms with Crippen LogP contribution in [0, 0.1) is 13.8 Å². The van der Waals surface area contributed by atoms with Crippen molar-refractivity contribution in [3.8, 4) is 0 Å². The number of aromatic nitrogens is 5. The maximum Gasteiger partial charge on any atom is 0.258 e. The number of quaternary nitrogens is 2. The highest BCUT2D eigenvalue weighted by Crippen LogP contribution is 2.26. The van der Waals surface area contributed by atoms with Crippen molar-refractivity contribution in [2.45, 2.75) is 52.6 Å². The summed E-state index contributed by atoms with van der Waals surface area (Å²) in [5.41, 5.74) is 3.67. The number of nitrogens with zero attached hydrogens (tertiary/aromatic N) is 4. The molecule has 1 atom stereocenters. The lowest BCUT2D eigenvalue weighted by atomic mass is 9.98. The average Bonchev–Trinajstić information content (AvgIpc) is 3.24. The molecule has 1 fully saturated rings. The molecule has 166 valence electrons. The smallest absolute Gasteiger partial charge is 0.258 e. The van der Waals surface area contributed by atoms with Crippen LogP contribution < -0.4 is 15.4 Å². The van der Waals surface area contributed by atoms with Crippen LogP contribution in [0.4, 0.5) is 0 Å². The molecule has 3 N–H and O–H groups in total. The number of nitrogens with one attached hydrogen (secondary N) is 3. The van der Waals surface area contributed by atoms with Crippen molar-refractivity contribution in [2.24, 2.45) is 0 Å². The molecule has 0 spiro atoms. The number of aryl methyl sites for hydroxylation is 2. The molecule has 31 heavy (non-hydrogen) atoms. The minimum atomic E-state index is -0.230. The van der Waals surface area contributed by atoms with Crippen LogP contribution in [0.1, 0.15) is 55.7 Å². The molecule has 1 saturated heterocycles. The average molecular weight is 426 g/mol. The Morgan fingerprint density at radius 1 is 1.19 bits per heavy atom. The van der Waals surface area contributed by atoms with E-state index in [9.17, 15) is 4.79 Å². The molecule has 0 bridgehead atoms. The summed E-state index contributed by atoms with van der Waals surface area (Å²) < 4.78 is 1.93.